The Kier molecular flexibility index (Phi) is 7.37. The van der Waals surface area contributed by atoms with Gasteiger partial charge < -0.3 is 32.8 Å². The lowest BCUT2D eigenvalue weighted by atomic mass is 10.2. The molecule has 32 heavy (non-hydrogen) atoms. The summed E-state index contributed by atoms with van der Waals surface area (Å²) >= 11 is 0. The van der Waals surface area contributed by atoms with E-state index in [-0.39, 0.29) is 18.4 Å². The first kappa shape index (κ1) is 22.7. The van der Waals surface area contributed by atoms with Gasteiger partial charge in [-0.05, 0) is 37.3 Å². The van der Waals surface area contributed by atoms with Crippen LogP contribution in [0, 0.1) is 0 Å². The molecule has 1 aromatic heterocycles. The molecule has 0 unspecified atom stereocenters. The molecule has 0 aliphatic rings. The summed E-state index contributed by atoms with van der Waals surface area (Å²) in [6, 6.07) is 8.13. The summed E-state index contributed by atoms with van der Waals surface area (Å²) in [5.74, 6) is 2.07. The molecule has 0 saturated heterocycles. The smallest absolute Gasteiger partial charge is 0.338 e. The Balaban J connectivity index is 1.74. The van der Waals surface area contributed by atoms with Crippen molar-refractivity contribution < 1.29 is 37.6 Å². The van der Waals surface area contributed by atoms with E-state index in [1.165, 1.54) is 28.4 Å². The minimum Gasteiger partial charge on any atom is -0.493 e. The molecule has 0 saturated carbocycles. The second kappa shape index (κ2) is 10.4. The number of hydrogen-bond acceptors (Lipinski definition) is 10. The van der Waals surface area contributed by atoms with Crippen molar-refractivity contribution in [2.45, 2.75) is 13.5 Å². The number of ether oxygens (including phenoxy) is 6. The third kappa shape index (κ3) is 4.85. The predicted molar refractivity (Wildman–Crippen MR) is 113 cm³/mol. The SMILES string of the molecule is CCOc1cc(C(=O)OCc2nnc(-c3cc(OC)c(OC)c(OC)c3)o2)ccc1OC. The molecule has 1 heterocycles. The normalized spacial score (nSPS) is 10.4. The van der Waals surface area contributed by atoms with Crippen LogP contribution in [0.15, 0.2) is 34.7 Å². The van der Waals surface area contributed by atoms with E-state index in [9.17, 15) is 4.79 Å². The number of nitrogens with zero attached hydrogens (tertiary/aromatic N) is 2. The van der Waals surface area contributed by atoms with Crippen LogP contribution >= 0.6 is 0 Å². The van der Waals surface area contributed by atoms with Crippen molar-refractivity contribution in [2.24, 2.45) is 0 Å². The van der Waals surface area contributed by atoms with E-state index in [4.69, 9.17) is 32.8 Å². The Morgan fingerprint density at radius 2 is 1.56 bits per heavy atom. The number of carbonyl (C=O) groups excluding carboxylic acids is 1. The van der Waals surface area contributed by atoms with E-state index in [0.29, 0.717) is 46.5 Å². The molecule has 0 fully saturated rings. The molecule has 0 spiro atoms. The van der Waals surface area contributed by atoms with Gasteiger partial charge in [-0.2, -0.15) is 0 Å². The van der Waals surface area contributed by atoms with Crippen molar-refractivity contribution in [3.63, 3.8) is 0 Å². The Morgan fingerprint density at radius 1 is 0.875 bits per heavy atom. The predicted octanol–water partition coefficient (Wildman–Crippen LogP) is 3.53. The Labute approximate surface area is 185 Å². The van der Waals surface area contributed by atoms with Gasteiger partial charge in [-0.25, -0.2) is 4.79 Å². The highest BCUT2D eigenvalue weighted by Crippen LogP contribution is 2.40. The largest absolute Gasteiger partial charge is 0.493 e. The zero-order valence-electron chi connectivity index (χ0n) is 18.5. The lowest BCUT2D eigenvalue weighted by Crippen LogP contribution is -2.06. The highest BCUT2D eigenvalue weighted by atomic mass is 16.5. The van der Waals surface area contributed by atoms with Gasteiger partial charge in [0.15, 0.2) is 29.6 Å². The maximum absolute atomic E-state index is 12.4. The van der Waals surface area contributed by atoms with Crippen LogP contribution in [0.25, 0.3) is 11.5 Å². The molecule has 0 radical (unpaired) electrons. The van der Waals surface area contributed by atoms with Crippen LogP contribution in [0.1, 0.15) is 23.2 Å². The first-order valence-corrected chi connectivity index (χ1v) is 9.65. The van der Waals surface area contributed by atoms with Crippen LogP contribution in [0.4, 0.5) is 0 Å². The fourth-order valence-corrected chi connectivity index (χ4v) is 2.92. The summed E-state index contributed by atoms with van der Waals surface area (Å²) in [4.78, 5) is 12.4. The molecule has 0 bridgehead atoms. The molecule has 3 rings (SSSR count). The fourth-order valence-electron chi connectivity index (χ4n) is 2.92. The van der Waals surface area contributed by atoms with Crippen molar-refractivity contribution in [1.29, 1.82) is 0 Å². The number of aromatic nitrogens is 2. The summed E-state index contributed by atoms with van der Waals surface area (Å²) < 4.78 is 37.6. The van der Waals surface area contributed by atoms with Gasteiger partial charge in [-0.15, -0.1) is 10.2 Å². The van der Waals surface area contributed by atoms with Gasteiger partial charge in [-0.3, -0.25) is 0 Å². The van der Waals surface area contributed by atoms with Gasteiger partial charge >= 0.3 is 5.97 Å². The molecule has 170 valence electrons. The topological polar surface area (TPSA) is 111 Å². The quantitative estimate of drug-likeness (QED) is 0.431. The maximum Gasteiger partial charge on any atom is 0.338 e. The molecule has 10 nitrogen and oxygen atoms in total. The molecule has 0 atom stereocenters. The minimum absolute atomic E-state index is 0.126. The van der Waals surface area contributed by atoms with Crippen LogP contribution in [0.2, 0.25) is 0 Å². The monoisotopic (exact) mass is 444 g/mol. The van der Waals surface area contributed by atoms with E-state index in [1.54, 1.807) is 30.3 Å². The number of hydrogen-bond donors (Lipinski definition) is 0. The van der Waals surface area contributed by atoms with Gasteiger partial charge in [0.1, 0.15) is 0 Å². The molecular weight excluding hydrogens is 420 g/mol. The number of carbonyl (C=O) groups is 1. The third-order valence-corrected chi connectivity index (χ3v) is 4.40. The first-order chi connectivity index (χ1) is 15.5. The summed E-state index contributed by atoms with van der Waals surface area (Å²) in [5.41, 5.74) is 0.861. The molecule has 10 heteroatoms. The van der Waals surface area contributed by atoms with Crippen molar-refractivity contribution in [1.82, 2.24) is 10.2 Å². The highest BCUT2D eigenvalue weighted by Gasteiger charge is 2.19. The second-order valence-electron chi connectivity index (χ2n) is 6.29. The third-order valence-electron chi connectivity index (χ3n) is 4.40. The average Bonchev–Trinajstić information content (AvgIpc) is 3.30. The van der Waals surface area contributed by atoms with E-state index < -0.39 is 5.97 Å². The number of rotatable bonds is 10. The maximum atomic E-state index is 12.4. The van der Waals surface area contributed by atoms with Crippen LogP contribution in [-0.4, -0.2) is 51.2 Å². The van der Waals surface area contributed by atoms with Crippen molar-refractivity contribution in [3.05, 3.63) is 41.8 Å². The van der Waals surface area contributed by atoms with Crippen LogP contribution < -0.4 is 23.7 Å². The van der Waals surface area contributed by atoms with Gasteiger partial charge in [0, 0.05) is 5.56 Å². The average molecular weight is 444 g/mol. The zero-order chi connectivity index (χ0) is 23.1. The Bertz CT molecular complexity index is 1050. The fraction of sp³-hybridized carbons (Fsp3) is 0.318. The molecule has 0 amide bonds. The second-order valence-corrected chi connectivity index (χ2v) is 6.29. The van der Waals surface area contributed by atoms with E-state index in [1.807, 2.05) is 6.92 Å². The number of methoxy groups -OCH3 is 4. The molecule has 0 aliphatic heterocycles. The van der Waals surface area contributed by atoms with Crippen molar-refractivity contribution in [2.75, 3.05) is 35.0 Å². The van der Waals surface area contributed by atoms with Crippen molar-refractivity contribution in [3.8, 4) is 40.2 Å². The summed E-state index contributed by atoms with van der Waals surface area (Å²) in [7, 11) is 6.06. The Morgan fingerprint density at radius 3 is 2.16 bits per heavy atom. The van der Waals surface area contributed by atoms with Gasteiger partial charge in [-0.1, -0.05) is 0 Å². The molecule has 0 aliphatic carbocycles. The summed E-state index contributed by atoms with van der Waals surface area (Å²) in [5, 5.41) is 7.94. The molecule has 2 aromatic carbocycles. The summed E-state index contributed by atoms with van der Waals surface area (Å²) in [6.07, 6.45) is 0. The molecular formula is C22H24N2O8. The first-order valence-electron chi connectivity index (χ1n) is 9.65. The summed E-state index contributed by atoms with van der Waals surface area (Å²) in [6.45, 7) is 2.07. The lowest BCUT2D eigenvalue weighted by Gasteiger charge is -2.12. The number of benzene rings is 2. The van der Waals surface area contributed by atoms with Gasteiger partial charge in [0.2, 0.25) is 11.6 Å². The van der Waals surface area contributed by atoms with Crippen LogP contribution in [0.5, 0.6) is 28.7 Å². The molecule has 3 aromatic rings. The van der Waals surface area contributed by atoms with E-state index >= 15 is 0 Å². The van der Waals surface area contributed by atoms with E-state index in [2.05, 4.69) is 10.2 Å². The van der Waals surface area contributed by atoms with Crippen molar-refractivity contribution >= 4 is 5.97 Å². The van der Waals surface area contributed by atoms with Crippen LogP contribution in [0.3, 0.4) is 0 Å². The Hall–Kier alpha value is -3.95. The lowest BCUT2D eigenvalue weighted by molar-refractivity contribution is 0.0438. The molecule has 0 N–H and O–H groups in total. The van der Waals surface area contributed by atoms with Gasteiger partial charge in [0.25, 0.3) is 5.89 Å². The van der Waals surface area contributed by atoms with E-state index in [0.717, 1.165) is 0 Å². The van der Waals surface area contributed by atoms with Gasteiger partial charge in [0.05, 0.1) is 40.6 Å². The zero-order valence-corrected chi connectivity index (χ0v) is 18.5. The minimum atomic E-state index is -0.568. The van der Waals surface area contributed by atoms with Crippen LogP contribution in [-0.2, 0) is 11.3 Å². The number of esters is 1. The standard InChI is InChI=1S/C22H24N2O8/c1-6-30-16-9-13(7-8-15(16)26-2)22(25)31-12-19-23-24-21(32-19)14-10-17(27-3)20(29-5)18(11-14)28-4/h7-11H,6,12H2,1-5H3. The highest BCUT2D eigenvalue weighted by molar-refractivity contribution is 5.90.